The fraction of sp³-hybridized carbons (Fsp3) is 0.308. The van der Waals surface area contributed by atoms with Gasteiger partial charge in [-0.15, -0.1) is 0 Å². The molecule has 0 atom stereocenters. The molecule has 0 unspecified atom stereocenters. The number of anilines is 1. The van der Waals surface area contributed by atoms with Gasteiger partial charge >= 0.3 is 5.97 Å². The van der Waals surface area contributed by atoms with Crippen LogP contribution < -0.4 is 4.90 Å². The van der Waals surface area contributed by atoms with E-state index in [1.165, 1.54) is 11.3 Å². The molecule has 0 saturated heterocycles. The van der Waals surface area contributed by atoms with Crippen LogP contribution in [0.4, 0.5) is 5.69 Å². The lowest BCUT2D eigenvalue weighted by Crippen LogP contribution is -2.30. The van der Waals surface area contributed by atoms with E-state index in [9.17, 15) is 4.79 Å². The molecule has 1 aliphatic heterocycles. The highest BCUT2D eigenvalue weighted by Gasteiger charge is 2.16. The largest absolute Gasteiger partial charge is 0.478 e. The number of rotatable bonds is 2. The summed E-state index contributed by atoms with van der Waals surface area (Å²) in [6.45, 7) is 3.54. The predicted molar refractivity (Wildman–Crippen MR) is 63.7 cm³/mol. The number of aryl methyl sites for hydroxylation is 1. The Labute approximate surface area is 95.0 Å². The van der Waals surface area contributed by atoms with E-state index in [2.05, 4.69) is 24.0 Å². The molecule has 1 aromatic rings. The summed E-state index contributed by atoms with van der Waals surface area (Å²) in [4.78, 5) is 13.0. The molecule has 1 aromatic carbocycles. The van der Waals surface area contributed by atoms with Crippen LogP contribution in [-0.2, 0) is 4.79 Å². The van der Waals surface area contributed by atoms with Crippen molar-refractivity contribution >= 4 is 11.7 Å². The SMILES string of the molecule is Cc1ccccc1N1CC=C(C(=O)O)CC1. The Kier molecular flexibility index (Phi) is 2.95. The molecule has 0 aliphatic carbocycles. The summed E-state index contributed by atoms with van der Waals surface area (Å²) in [5.41, 5.74) is 2.96. The molecule has 0 aromatic heterocycles. The number of benzene rings is 1. The van der Waals surface area contributed by atoms with Crippen LogP contribution in [0, 0.1) is 6.92 Å². The molecule has 0 amide bonds. The molecular weight excluding hydrogens is 202 g/mol. The minimum absolute atomic E-state index is 0.532. The summed E-state index contributed by atoms with van der Waals surface area (Å²) in [6.07, 6.45) is 2.42. The average molecular weight is 217 g/mol. The molecule has 0 fully saturated rings. The van der Waals surface area contributed by atoms with Gasteiger partial charge in [0.25, 0.3) is 0 Å². The summed E-state index contributed by atoms with van der Waals surface area (Å²) in [7, 11) is 0. The van der Waals surface area contributed by atoms with Crippen LogP contribution in [0.5, 0.6) is 0 Å². The number of hydrogen-bond donors (Lipinski definition) is 1. The number of carboxylic acid groups (broad SMARTS) is 1. The highest BCUT2D eigenvalue weighted by atomic mass is 16.4. The minimum atomic E-state index is -0.788. The van der Waals surface area contributed by atoms with Crippen molar-refractivity contribution in [3.05, 3.63) is 41.5 Å². The lowest BCUT2D eigenvalue weighted by molar-refractivity contribution is -0.132. The molecule has 16 heavy (non-hydrogen) atoms. The van der Waals surface area contributed by atoms with Crippen LogP contribution in [-0.4, -0.2) is 24.2 Å². The van der Waals surface area contributed by atoms with Crippen molar-refractivity contribution in [2.45, 2.75) is 13.3 Å². The maximum Gasteiger partial charge on any atom is 0.331 e. The van der Waals surface area contributed by atoms with Gasteiger partial charge in [-0.1, -0.05) is 24.3 Å². The number of carbonyl (C=O) groups is 1. The second kappa shape index (κ2) is 4.39. The first kappa shape index (κ1) is 10.7. The predicted octanol–water partition coefficient (Wildman–Crippen LogP) is 2.22. The Bertz CT molecular complexity index is 437. The van der Waals surface area contributed by atoms with Crippen LogP contribution in [0.25, 0.3) is 0 Å². The third-order valence-electron chi connectivity index (χ3n) is 2.94. The fourth-order valence-electron chi connectivity index (χ4n) is 2.00. The zero-order valence-corrected chi connectivity index (χ0v) is 9.31. The Balaban J connectivity index is 2.16. The standard InChI is InChI=1S/C13H15NO2/c1-10-4-2-3-5-12(10)14-8-6-11(7-9-14)13(15)16/h2-6H,7-9H2,1H3,(H,15,16). The molecule has 0 saturated carbocycles. The van der Waals surface area contributed by atoms with E-state index in [0.29, 0.717) is 18.5 Å². The normalized spacial score (nSPS) is 15.8. The van der Waals surface area contributed by atoms with Gasteiger partial charge in [0.05, 0.1) is 0 Å². The summed E-state index contributed by atoms with van der Waals surface area (Å²) in [5.74, 6) is -0.788. The van der Waals surface area contributed by atoms with E-state index in [0.717, 1.165) is 6.54 Å². The smallest absolute Gasteiger partial charge is 0.331 e. The van der Waals surface area contributed by atoms with E-state index in [-0.39, 0.29) is 0 Å². The maximum absolute atomic E-state index is 10.8. The minimum Gasteiger partial charge on any atom is -0.478 e. The maximum atomic E-state index is 10.8. The van der Waals surface area contributed by atoms with E-state index in [1.54, 1.807) is 6.08 Å². The zero-order chi connectivity index (χ0) is 11.5. The molecule has 3 heteroatoms. The number of nitrogens with zero attached hydrogens (tertiary/aromatic N) is 1. The molecule has 2 rings (SSSR count). The molecule has 3 nitrogen and oxygen atoms in total. The van der Waals surface area contributed by atoms with Crippen molar-refractivity contribution in [3.8, 4) is 0 Å². The van der Waals surface area contributed by atoms with Gasteiger partial charge < -0.3 is 10.0 Å². The Morgan fingerprint density at radius 1 is 1.38 bits per heavy atom. The van der Waals surface area contributed by atoms with Crippen molar-refractivity contribution in [2.75, 3.05) is 18.0 Å². The number of hydrogen-bond acceptors (Lipinski definition) is 2. The average Bonchev–Trinajstić information content (AvgIpc) is 2.30. The fourth-order valence-corrected chi connectivity index (χ4v) is 2.00. The first-order valence-corrected chi connectivity index (χ1v) is 5.41. The Morgan fingerprint density at radius 2 is 2.12 bits per heavy atom. The quantitative estimate of drug-likeness (QED) is 0.825. The van der Waals surface area contributed by atoms with Crippen molar-refractivity contribution in [3.63, 3.8) is 0 Å². The Hall–Kier alpha value is -1.77. The Morgan fingerprint density at radius 3 is 2.69 bits per heavy atom. The van der Waals surface area contributed by atoms with Crippen molar-refractivity contribution in [1.29, 1.82) is 0 Å². The summed E-state index contributed by atoms with van der Waals surface area (Å²) < 4.78 is 0. The second-order valence-corrected chi connectivity index (χ2v) is 4.02. The summed E-state index contributed by atoms with van der Waals surface area (Å²) in [5, 5.41) is 8.86. The van der Waals surface area contributed by atoms with E-state index in [4.69, 9.17) is 5.11 Å². The first-order chi connectivity index (χ1) is 7.68. The number of para-hydroxylation sites is 1. The van der Waals surface area contributed by atoms with Crippen LogP contribution >= 0.6 is 0 Å². The number of aliphatic carboxylic acids is 1. The van der Waals surface area contributed by atoms with Gasteiger partial charge in [0.2, 0.25) is 0 Å². The van der Waals surface area contributed by atoms with Crippen LogP contribution in [0.15, 0.2) is 35.9 Å². The lowest BCUT2D eigenvalue weighted by atomic mass is 10.1. The van der Waals surface area contributed by atoms with E-state index >= 15 is 0 Å². The molecule has 1 heterocycles. The highest BCUT2D eigenvalue weighted by molar-refractivity contribution is 5.87. The first-order valence-electron chi connectivity index (χ1n) is 5.41. The summed E-state index contributed by atoms with van der Waals surface area (Å²) in [6, 6.07) is 8.18. The van der Waals surface area contributed by atoms with Crippen molar-refractivity contribution in [1.82, 2.24) is 0 Å². The van der Waals surface area contributed by atoms with E-state index < -0.39 is 5.97 Å². The molecular formula is C13H15NO2. The third kappa shape index (κ3) is 2.08. The van der Waals surface area contributed by atoms with Gasteiger partial charge in [0.15, 0.2) is 0 Å². The molecule has 1 aliphatic rings. The molecule has 1 N–H and O–H groups in total. The third-order valence-corrected chi connectivity index (χ3v) is 2.94. The van der Waals surface area contributed by atoms with Gasteiger partial charge in [0.1, 0.15) is 0 Å². The second-order valence-electron chi connectivity index (χ2n) is 4.02. The topological polar surface area (TPSA) is 40.5 Å². The van der Waals surface area contributed by atoms with Gasteiger partial charge in [-0.3, -0.25) is 0 Å². The van der Waals surface area contributed by atoms with Crippen LogP contribution in [0.1, 0.15) is 12.0 Å². The molecule has 0 radical (unpaired) electrons. The van der Waals surface area contributed by atoms with Gasteiger partial charge in [-0.2, -0.15) is 0 Å². The van der Waals surface area contributed by atoms with Crippen LogP contribution in [0.2, 0.25) is 0 Å². The van der Waals surface area contributed by atoms with Gasteiger partial charge in [-0.25, -0.2) is 4.79 Å². The van der Waals surface area contributed by atoms with Crippen LogP contribution in [0.3, 0.4) is 0 Å². The molecule has 0 spiro atoms. The van der Waals surface area contributed by atoms with Gasteiger partial charge in [-0.05, 0) is 25.0 Å². The molecule has 84 valence electrons. The zero-order valence-electron chi connectivity index (χ0n) is 9.31. The summed E-state index contributed by atoms with van der Waals surface area (Å²) >= 11 is 0. The highest BCUT2D eigenvalue weighted by Crippen LogP contribution is 2.22. The number of carboxylic acids is 1. The monoisotopic (exact) mass is 217 g/mol. The van der Waals surface area contributed by atoms with E-state index in [1.807, 2.05) is 12.1 Å². The lowest BCUT2D eigenvalue weighted by Gasteiger charge is -2.28. The molecule has 0 bridgehead atoms. The van der Waals surface area contributed by atoms with Crippen molar-refractivity contribution < 1.29 is 9.90 Å². The van der Waals surface area contributed by atoms with Gasteiger partial charge in [0, 0.05) is 24.4 Å². The van der Waals surface area contributed by atoms with Crippen molar-refractivity contribution in [2.24, 2.45) is 0 Å².